The van der Waals surface area contributed by atoms with Gasteiger partial charge in [0.25, 0.3) is 0 Å². The van der Waals surface area contributed by atoms with Crippen molar-refractivity contribution >= 4 is 29.9 Å². The Hall–Kier alpha value is -2.28. The number of hydrogen-bond donors (Lipinski definition) is 2. The van der Waals surface area contributed by atoms with Crippen molar-refractivity contribution in [3.63, 3.8) is 0 Å². The van der Waals surface area contributed by atoms with Crippen molar-refractivity contribution in [1.29, 1.82) is 5.26 Å². The smallest absolute Gasteiger partial charge is 0.356 e. The minimum Gasteiger partial charge on any atom is -0.356 e. The van der Waals surface area contributed by atoms with Crippen molar-refractivity contribution in [2.75, 3.05) is 13.6 Å². The Morgan fingerprint density at radius 2 is 1.59 bits per heavy atom. The molecule has 0 saturated carbocycles. The van der Waals surface area contributed by atoms with E-state index in [1.165, 1.54) is 12.1 Å². The number of hydrogen-bond acceptors (Lipinski definition) is 2. The van der Waals surface area contributed by atoms with Gasteiger partial charge in [-0.05, 0) is 41.8 Å². The molecular formula is C19H20F3IN4. The molecule has 0 amide bonds. The molecule has 0 bridgehead atoms. The van der Waals surface area contributed by atoms with Crippen LogP contribution in [-0.4, -0.2) is 19.6 Å². The van der Waals surface area contributed by atoms with E-state index in [9.17, 15) is 13.2 Å². The Morgan fingerprint density at radius 3 is 2.11 bits per heavy atom. The van der Waals surface area contributed by atoms with Gasteiger partial charge in [-0.15, -0.1) is 24.0 Å². The molecule has 144 valence electrons. The molecule has 0 saturated heterocycles. The summed E-state index contributed by atoms with van der Waals surface area (Å²) in [4.78, 5) is 4.11. The highest BCUT2D eigenvalue weighted by Crippen LogP contribution is 2.29. The van der Waals surface area contributed by atoms with Gasteiger partial charge in [0.15, 0.2) is 5.96 Å². The van der Waals surface area contributed by atoms with Crippen molar-refractivity contribution < 1.29 is 13.2 Å². The van der Waals surface area contributed by atoms with Crippen LogP contribution in [0.5, 0.6) is 0 Å². The van der Waals surface area contributed by atoms with Gasteiger partial charge < -0.3 is 10.6 Å². The maximum absolute atomic E-state index is 12.5. The summed E-state index contributed by atoms with van der Waals surface area (Å²) in [5, 5.41) is 15.0. The highest BCUT2D eigenvalue weighted by Gasteiger charge is 2.29. The first-order valence-electron chi connectivity index (χ1n) is 8.02. The van der Waals surface area contributed by atoms with Gasteiger partial charge in [-0.25, -0.2) is 0 Å². The zero-order chi connectivity index (χ0) is 19.0. The van der Waals surface area contributed by atoms with Crippen LogP contribution in [0.3, 0.4) is 0 Å². The molecule has 2 N–H and O–H groups in total. The molecule has 0 unspecified atom stereocenters. The molecule has 0 aliphatic carbocycles. The van der Waals surface area contributed by atoms with E-state index in [1.807, 2.05) is 12.1 Å². The maximum atomic E-state index is 12.5. The van der Waals surface area contributed by atoms with Crippen LogP contribution in [0.4, 0.5) is 13.2 Å². The first-order valence-corrected chi connectivity index (χ1v) is 8.02. The molecule has 0 aromatic heterocycles. The summed E-state index contributed by atoms with van der Waals surface area (Å²) < 4.78 is 37.6. The molecule has 0 heterocycles. The quantitative estimate of drug-likeness (QED) is 0.379. The lowest BCUT2D eigenvalue weighted by Gasteiger charge is -2.12. The predicted molar refractivity (Wildman–Crippen MR) is 110 cm³/mol. The zero-order valence-electron chi connectivity index (χ0n) is 14.7. The Labute approximate surface area is 173 Å². The first kappa shape index (κ1) is 22.8. The number of nitriles is 1. The van der Waals surface area contributed by atoms with Crippen LogP contribution < -0.4 is 10.6 Å². The topological polar surface area (TPSA) is 60.2 Å². The van der Waals surface area contributed by atoms with Crippen LogP contribution in [0.1, 0.15) is 22.3 Å². The molecule has 2 aromatic carbocycles. The van der Waals surface area contributed by atoms with Crippen molar-refractivity contribution in [3.05, 3.63) is 70.8 Å². The van der Waals surface area contributed by atoms with E-state index in [2.05, 4.69) is 21.7 Å². The fourth-order valence-corrected chi connectivity index (χ4v) is 2.29. The second-order valence-corrected chi connectivity index (χ2v) is 5.61. The Morgan fingerprint density at radius 1 is 1.00 bits per heavy atom. The van der Waals surface area contributed by atoms with Crippen molar-refractivity contribution in [2.45, 2.75) is 19.1 Å². The number of nitrogens with one attached hydrogen (secondary N) is 2. The van der Waals surface area contributed by atoms with Gasteiger partial charge in [0.05, 0.1) is 17.2 Å². The molecule has 0 spiro atoms. The third kappa shape index (κ3) is 7.46. The fraction of sp³-hybridized carbons (Fsp3) is 0.263. The third-order valence-corrected chi connectivity index (χ3v) is 3.75. The Balaban J connectivity index is 0.00000364. The van der Waals surface area contributed by atoms with Gasteiger partial charge >= 0.3 is 6.18 Å². The van der Waals surface area contributed by atoms with Gasteiger partial charge in [-0.3, -0.25) is 4.99 Å². The lowest BCUT2D eigenvalue weighted by atomic mass is 10.1. The number of rotatable bonds is 5. The van der Waals surface area contributed by atoms with Gasteiger partial charge in [0.2, 0.25) is 0 Å². The molecule has 0 aliphatic rings. The normalized spacial score (nSPS) is 11.3. The predicted octanol–water partition coefficient (Wildman–Crippen LogP) is 4.10. The molecule has 0 aliphatic heterocycles. The molecule has 0 fully saturated rings. The molecular weight excluding hydrogens is 468 g/mol. The summed E-state index contributed by atoms with van der Waals surface area (Å²) in [5.41, 5.74) is 1.78. The zero-order valence-corrected chi connectivity index (χ0v) is 17.0. The van der Waals surface area contributed by atoms with Gasteiger partial charge in [-0.2, -0.15) is 18.4 Å². The molecule has 0 radical (unpaired) electrons. The molecule has 8 heteroatoms. The minimum absolute atomic E-state index is 0. The van der Waals surface area contributed by atoms with E-state index in [4.69, 9.17) is 5.26 Å². The van der Waals surface area contributed by atoms with E-state index in [0.29, 0.717) is 31.0 Å². The standard InChI is InChI=1S/C19H19F3N4.HI/c1-24-18(26-13-16-4-2-15(12-23)3-5-16)25-11-10-14-6-8-17(9-7-14)19(20,21)22;/h2-9H,10-11,13H2,1H3,(H2,24,25,26);1H. The van der Waals surface area contributed by atoms with E-state index < -0.39 is 11.7 Å². The number of aliphatic imine (C=N–C) groups is 1. The van der Waals surface area contributed by atoms with E-state index >= 15 is 0 Å². The summed E-state index contributed by atoms with van der Waals surface area (Å²) in [7, 11) is 1.65. The van der Waals surface area contributed by atoms with Gasteiger partial charge in [0.1, 0.15) is 0 Å². The average Bonchev–Trinajstić information content (AvgIpc) is 2.64. The van der Waals surface area contributed by atoms with Gasteiger partial charge in [0, 0.05) is 20.1 Å². The van der Waals surface area contributed by atoms with Crippen LogP contribution >= 0.6 is 24.0 Å². The van der Waals surface area contributed by atoms with Crippen LogP contribution in [0, 0.1) is 11.3 Å². The number of benzene rings is 2. The summed E-state index contributed by atoms with van der Waals surface area (Å²) in [5.74, 6) is 0.598. The van der Waals surface area contributed by atoms with E-state index in [0.717, 1.165) is 23.3 Å². The monoisotopic (exact) mass is 488 g/mol. The lowest BCUT2D eigenvalue weighted by Crippen LogP contribution is -2.37. The molecule has 0 atom stereocenters. The average molecular weight is 488 g/mol. The summed E-state index contributed by atoms with van der Waals surface area (Å²) >= 11 is 0. The third-order valence-electron chi connectivity index (χ3n) is 3.75. The molecule has 27 heavy (non-hydrogen) atoms. The van der Waals surface area contributed by atoms with Crippen LogP contribution in [-0.2, 0) is 19.1 Å². The van der Waals surface area contributed by atoms with Crippen LogP contribution in [0.15, 0.2) is 53.5 Å². The summed E-state index contributed by atoms with van der Waals surface area (Å²) in [6.45, 7) is 1.09. The first-order chi connectivity index (χ1) is 12.4. The largest absolute Gasteiger partial charge is 0.416 e. The van der Waals surface area contributed by atoms with Crippen molar-refractivity contribution in [2.24, 2.45) is 4.99 Å². The Kier molecular flexibility index (Phi) is 9.08. The summed E-state index contributed by atoms with van der Waals surface area (Å²) in [6, 6.07) is 14.4. The maximum Gasteiger partial charge on any atom is 0.416 e. The minimum atomic E-state index is -4.31. The number of nitrogens with zero attached hydrogens (tertiary/aromatic N) is 2. The number of alkyl halides is 3. The fourth-order valence-electron chi connectivity index (χ4n) is 2.29. The van der Waals surface area contributed by atoms with Crippen LogP contribution in [0.2, 0.25) is 0 Å². The van der Waals surface area contributed by atoms with Crippen molar-refractivity contribution in [1.82, 2.24) is 10.6 Å². The number of guanidine groups is 1. The van der Waals surface area contributed by atoms with Crippen LogP contribution in [0.25, 0.3) is 0 Å². The Bertz CT molecular complexity index is 779. The molecule has 4 nitrogen and oxygen atoms in total. The molecule has 2 aromatic rings. The lowest BCUT2D eigenvalue weighted by molar-refractivity contribution is -0.137. The van der Waals surface area contributed by atoms with Crippen molar-refractivity contribution in [3.8, 4) is 6.07 Å². The number of halogens is 4. The summed E-state index contributed by atoms with van der Waals surface area (Å²) in [6.07, 6.45) is -3.73. The second-order valence-electron chi connectivity index (χ2n) is 5.61. The highest BCUT2D eigenvalue weighted by atomic mass is 127. The second kappa shape index (κ2) is 10.8. The SMILES string of the molecule is CN=C(NCCc1ccc(C(F)(F)F)cc1)NCc1ccc(C#N)cc1.I. The van der Waals surface area contributed by atoms with Gasteiger partial charge in [-0.1, -0.05) is 24.3 Å². The molecule has 2 rings (SSSR count). The highest BCUT2D eigenvalue weighted by molar-refractivity contribution is 14.0. The van der Waals surface area contributed by atoms with E-state index in [1.54, 1.807) is 19.2 Å². The van der Waals surface area contributed by atoms with E-state index in [-0.39, 0.29) is 24.0 Å².